The maximum absolute atomic E-state index is 10.3. The highest BCUT2D eigenvalue weighted by Crippen LogP contribution is 2.24. The van der Waals surface area contributed by atoms with E-state index in [4.69, 9.17) is 10.00 Å². The summed E-state index contributed by atoms with van der Waals surface area (Å²) in [5.74, 6) is -0.681. The van der Waals surface area contributed by atoms with Gasteiger partial charge in [-0.25, -0.2) is 0 Å². The number of hydrogen-bond acceptors (Lipinski definition) is 4. The SMILES string of the molecule is COc1cccc(C(C#N)CCCC(=O)[O-])c1. The van der Waals surface area contributed by atoms with Gasteiger partial charge in [0.2, 0.25) is 0 Å². The molecule has 0 aliphatic carbocycles. The fourth-order valence-electron chi connectivity index (χ4n) is 1.61. The van der Waals surface area contributed by atoms with Crippen LogP contribution in [-0.2, 0) is 4.79 Å². The molecule has 1 aromatic carbocycles. The van der Waals surface area contributed by atoms with Crippen molar-refractivity contribution in [2.75, 3.05) is 7.11 Å². The highest BCUT2D eigenvalue weighted by molar-refractivity contribution is 5.64. The number of methoxy groups -OCH3 is 1. The van der Waals surface area contributed by atoms with Gasteiger partial charge in [0, 0.05) is 5.97 Å². The van der Waals surface area contributed by atoms with E-state index in [0.717, 1.165) is 5.56 Å². The van der Waals surface area contributed by atoms with Crippen molar-refractivity contribution in [3.8, 4) is 11.8 Å². The smallest absolute Gasteiger partial charge is 0.119 e. The molecular weight excluding hydrogens is 218 g/mol. The predicted octanol–water partition coefficient (Wildman–Crippen LogP) is 1.22. The Balaban J connectivity index is 2.66. The fraction of sp³-hybridized carbons (Fsp3) is 0.385. The summed E-state index contributed by atoms with van der Waals surface area (Å²) in [6, 6.07) is 9.44. The Labute approximate surface area is 100 Å². The molecule has 90 valence electrons. The Morgan fingerprint density at radius 1 is 1.59 bits per heavy atom. The predicted molar refractivity (Wildman–Crippen MR) is 60.2 cm³/mol. The van der Waals surface area contributed by atoms with Gasteiger partial charge < -0.3 is 14.6 Å². The molecule has 4 nitrogen and oxygen atoms in total. The molecule has 0 heterocycles. The van der Waals surface area contributed by atoms with Crippen LogP contribution in [0.15, 0.2) is 24.3 Å². The van der Waals surface area contributed by atoms with E-state index in [-0.39, 0.29) is 12.3 Å². The number of aliphatic carboxylic acids is 1. The first-order valence-electron chi connectivity index (χ1n) is 5.40. The third kappa shape index (κ3) is 4.15. The molecule has 0 spiro atoms. The van der Waals surface area contributed by atoms with Crippen molar-refractivity contribution < 1.29 is 14.6 Å². The topological polar surface area (TPSA) is 73.1 Å². The minimum atomic E-state index is -1.08. The standard InChI is InChI=1S/C13H15NO3/c1-17-12-6-2-4-10(8-12)11(9-14)5-3-7-13(15)16/h2,4,6,8,11H,3,5,7H2,1H3,(H,15,16)/p-1. The molecule has 0 aromatic heterocycles. The fourth-order valence-corrected chi connectivity index (χ4v) is 1.61. The number of ether oxygens (including phenoxy) is 1. The highest BCUT2D eigenvalue weighted by atomic mass is 16.5. The molecule has 0 aliphatic heterocycles. The Kier molecular flexibility index (Phi) is 5.02. The second-order valence-electron chi connectivity index (χ2n) is 3.72. The van der Waals surface area contributed by atoms with E-state index in [2.05, 4.69) is 6.07 Å². The lowest BCUT2D eigenvalue weighted by Crippen LogP contribution is -2.21. The molecule has 0 saturated carbocycles. The van der Waals surface area contributed by atoms with Crippen molar-refractivity contribution in [2.24, 2.45) is 0 Å². The van der Waals surface area contributed by atoms with Crippen LogP contribution in [0.2, 0.25) is 0 Å². The van der Waals surface area contributed by atoms with Gasteiger partial charge in [-0.05, 0) is 37.0 Å². The zero-order valence-electron chi connectivity index (χ0n) is 9.68. The number of nitrogens with zero attached hydrogens (tertiary/aromatic N) is 1. The summed E-state index contributed by atoms with van der Waals surface area (Å²) in [5.41, 5.74) is 0.852. The molecule has 0 saturated heterocycles. The van der Waals surface area contributed by atoms with Crippen LogP contribution in [0.4, 0.5) is 0 Å². The van der Waals surface area contributed by atoms with E-state index in [1.165, 1.54) is 0 Å². The third-order valence-corrected chi connectivity index (χ3v) is 2.53. The Morgan fingerprint density at radius 3 is 2.94 bits per heavy atom. The Hall–Kier alpha value is -2.02. The van der Waals surface area contributed by atoms with Crippen molar-refractivity contribution in [1.29, 1.82) is 5.26 Å². The second kappa shape index (κ2) is 6.54. The summed E-state index contributed by atoms with van der Waals surface area (Å²) in [6.07, 6.45) is 0.942. The molecule has 0 bridgehead atoms. The first-order valence-corrected chi connectivity index (χ1v) is 5.40. The van der Waals surface area contributed by atoms with Gasteiger partial charge in [-0.1, -0.05) is 12.1 Å². The molecule has 1 atom stereocenters. The van der Waals surface area contributed by atoms with Gasteiger partial charge >= 0.3 is 0 Å². The van der Waals surface area contributed by atoms with Gasteiger partial charge in [0.05, 0.1) is 19.1 Å². The average Bonchev–Trinajstić information content (AvgIpc) is 2.34. The monoisotopic (exact) mass is 232 g/mol. The van der Waals surface area contributed by atoms with Crippen LogP contribution in [-0.4, -0.2) is 13.1 Å². The molecule has 1 rings (SSSR count). The van der Waals surface area contributed by atoms with Crippen molar-refractivity contribution in [3.05, 3.63) is 29.8 Å². The molecular formula is C13H14NO3-. The minimum Gasteiger partial charge on any atom is -0.550 e. The number of rotatable bonds is 6. The lowest BCUT2D eigenvalue weighted by Gasteiger charge is -2.10. The van der Waals surface area contributed by atoms with Gasteiger partial charge in [0.1, 0.15) is 5.75 Å². The first kappa shape index (κ1) is 13.0. The van der Waals surface area contributed by atoms with E-state index >= 15 is 0 Å². The average molecular weight is 232 g/mol. The van der Waals surface area contributed by atoms with E-state index in [0.29, 0.717) is 18.6 Å². The maximum atomic E-state index is 10.3. The van der Waals surface area contributed by atoms with Gasteiger partial charge in [-0.15, -0.1) is 0 Å². The third-order valence-electron chi connectivity index (χ3n) is 2.53. The van der Waals surface area contributed by atoms with Crippen LogP contribution in [0.25, 0.3) is 0 Å². The van der Waals surface area contributed by atoms with Crippen LogP contribution >= 0.6 is 0 Å². The summed E-state index contributed by atoms with van der Waals surface area (Å²) in [6.45, 7) is 0. The Bertz CT molecular complexity index is 423. The molecule has 1 unspecified atom stereocenters. The highest BCUT2D eigenvalue weighted by Gasteiger charge is 2.10. The first-order chi connectivity index (χ1) is 8.17. The number of benzene rings is 1. The summed E-state index contributed by atoms with van der Waals surface area (Å²) in [4.78, 5) is 10.3. The molecule has 0 fully saturated rings. The summed E-state index contributed by atoms with van der Waals surface area (Å²) in [7, 11) is 1.57. The van der Waals surface area contributed by atoms with Crippen molar-refractivity contribution in [3.63, 3.8) is 0 Å². The molecule has 4 heteroatoms. The summed E-state index contributed by atoms with van der Waals surface area (Å²) < 4.78 is 5.08. The number of carboxylic acid groups (broad SMARTS) is 1. The molecule has 1 aromatic rings. The van der Waals surface area contributed by atoms with Crippen molar-refractivity contribution in [1.82, 2.24) is 0 Å². The summed E-state index contributed by atoms with van der Waals surface area (Å²) in [5, 5.41) is 19.3. The quantitative estimate of drug-likeness (QED) is 0.739. The van der Waals surface area contributed by atoms with Crippen molar-refractivity contribution in [2.45, 2.75) is 25.2 Å². The number of hydrogen-bond donors (Lipinski definition) is 0. The van der Waals surface area contributed by atoms with Crippen LogP contribution in [0.3, 0.4) is 0 Å². The van der Waals surface area contributed by atoms with Gasteiger partial charge in [0.15, 0.2) is 0 Å². The number of nitriles is 1. The zero-order valence-corrected chi connectivity index (χ0v) is 9.68. The molecule has 0 N–H and O–H groups in total. The lowest BCUT2D eigenvalue weighted by molar-refractivity contribution is -0.305. The molecule has 0 radical (unpaired) electrons. The van der Waals surface area contributed by atoms with E-state index < -0.39 is 5.97 Å². The lowest BCUT2D eigenvalue weighted by atomic mass is 9.95. The van der Waals surface area contributed by atoms with Crippen molar-refractivity contribution >= 4 is 5.97 Å². The number of carbonyl (C=O) groups excluding carboxylic acids is 1. The molecule has 0 aliphatic rings. The van der Waals surface area contributed by atoms with Crippen LogP contribution in [0.1, 0.15) is 30.7 Å². The van der Waals surface area contributed by atoms with Gasteiger partial charge in [-0.3, -0.25) is 0 Å². The van der Waals surface area contributed by atoms with Gasteiger partial charge in [-0.2, -0.15) is 5.26 Å². The van der Waals surface area contributed by atoms with E-state index in [9.17, 15) is 9.90 Å². The normalized spacial score (nSPS) is 11.5. The number of carbonyl (C=O) groups is 1. The second-order valence-corrected chi connectivity index (χ2v) is 3.72. The van der Waals surface area contributed by atoms with Gasteiger partial charge in [0.25, 0.3) is 0 Å². The zero-order chi connectivity index (χ0) is 12.7. The maximum Gasteiger partial charge on any atom is 0.119 e. The van der Waals surface area contributed by atoms with Crippen LogP contribution < -0.4 is 9.84 Å². The minimum absolute atomic E-state index is 0.0118. The molecule has 0 amide bonds. The Morgan fingerprint density at radius 2 is 2.35 bits per heavy atom. The van der Waals surface area contributed by atoms with Crippen LogP contribution in [0.5, 0.6) is 5.75 Å². The van der Waals surface area contributed by atoms with Crippen LogP contribution in [0, 0.1) is 11.3 Å². The largest absolute Gasteiger partial charge is 0.550 e. The summed E-state index contributed by atoms with van der Waals surface area (Å²) >= 11 is 0. The van der Waals surface area contributed by atoms with E-state index in [1.54, 1.807) is 19.2 Å². The number of carboxylic acids is 1. The molecule has 17 heavy (non-hydrogen) atoms. The van der Waals surface area contributed by atoms with E-state index in [1.807, 2.05) is 12.1 Å².